The van der Waals surface area contributed by atoms with Crippen LogP contribution in [0.5, 0.6) is 0 Å². The lowest BCUT2D eigenvalue weighted by Crippen LogP contribution is -2.22. The third kappa shape index (κ3) is 6.07. The largest absolute Gasteiger partial charge is 0.411 e. The summed E-state index contributed by atoms with van der Waals surface area (Å²) in [5.74, 6) is -0.240. The molecule has 2 rings (SSSR count). The van der Waals surface area contributed by atoms with Crippen molar-refractivity contribution in [2.45, 2.75) is 19.3 Å². The van der Waals surface area contributed by atoms with Crippen molar-refractivity contribution in [3.8, 4) is 0 Å². The molecular formula is C16H15F3N2O2. The average Bonchev–Trinajstić information content (AvgIpc) is 2.53. The first-order chi connectivity index (χ1) is 10.9. The van der Waals surface area contributed by atoms with Crippen LogP contribution < -0.4 is 5.32 Å². The van der Waals surface area contributed by atoms with Gasteiger partial charge in [0.15, 0.2) is 0 Å². The number of carbonyl (C=O) groups is 1. The Labute approximate surface area is 131 Å². The van der Waals surface area contributed by atoms with Crippen molar-refractivity contribution in [3.63, 3.8) is 0 Å². The molecule has 1 N–H and O–H groups in total. The number of nitrogens with one attached hydrogen (secondary N) is 1. The summed E-state index contributed by atoms with van der Waals surface area (Å²) in [6.45, 7) is -1.06. The van der Waals surface area contributed by atoms with Crippen LogP contribution in [0, 0.1) is 0 Å². The van der Waals surface area contributed by atoms with Gasteiger partial charge in [0, 0.05) is 18.9 Å². The molecule has 0 radical (unpaired) electrons. The minimum absolute atomic E-state index is 0.109. The van der Waals surface area contributed by atoms with E-state index in [0.717, 1.165) is 5.56 Å². The Morgan fingerprint density at radius 3 is 2.43 bits per heavy atom. The van der Waals surface area contributed by atoms with Crippen LogP contribution in [0.15, 0.2) is 48.8 Å². The highest BCUT2D eigenvalue weighted by molar-refractivity contribution is 5.93. The van der Waals surface area contributed by atoms with Crippen LogP contribution in [-0.2, 0) is 17.9 Å². The van der Waals surface area contributed by atoms with Crippen LogP contribution in [0.3, 0.4) is 0 Å². The number of hydrogen-bond acceptors (Lipinski definition) is 3. The van der Waals surface area contributed by atoms with Gasteiger partial charge in [-0.05, 0) is 23.3 Å². The molecule has 23 heavy (non-hydrogen) atoms. The van der Waals surface area contributed by atoms with Crippen LogP contribution in [-0.4, -0.2) is 23.7 Å². The summed E-state index contributed by atoms with van der Waals surface area (Å²) in [4.78, 5) is 15.7. The summed E-state index contributed by atoms with van der Waals surface area (Å²) in [6, 6.07) is 10.1. The van der Waals surface area contributed by atoms with Gasteiger partial charge in [0.2, 0.25) is 0 Å². The molecule has 0 unspecified atom stereocenters. The van der Waals surface area contributed by atoms with Gasteiger partial charge < -0.3 is 10.1 Å². The van der Waals surface area contributed by atoms with Crippen molar-refractivity contribution in [1.82, 2.24) is 10.3 Å². The number of hydrogen-bond donors (Lipinski definition) is 1. The molecule has 0 saturated heterocycles. The van der Waals surface area contributed by atoms with Gasteiger partial charge in [0.25, 0.3) is 5.91 Å². The van der Waals surface area contributed by atoms with Gasteiger partial charge in [-0.2, -0.15) is 13.2 Å². The second-order valence-corrected chi connectivity index (χ2v) is 4.85. The van der Waals surface area contributed by atoms with E-state index in [1.54, 1.807) is 42.6 Å². The lowest BCUT2D eigenvalue weighted by atomic mass is 10.1. The van der Waals surface area contributed by atoms with Crippen LogP contribution >= 0.6 is 0 Å². The number of nitrogens with zero attached hydrogens (tertiary/aromatic N) is 1. The Kier molecular flexibility index (Phi) is 5.70. The van der Waals surface area contributed by atoms with E-state index in [4.69, 9.17) is 0 Å². The molecule has 4 nitrogen and oxygen atoms in total. The molecule has 1 heterocycles. The fourth-order valence-electron chi connectivity index (χ4n) is 1.82. The number of aromatic nitrogens is 1. The first-order valence-electron chi connectivity index (χ1n) is 6.84. The molecule has 0 bridgehead atoms. The van der Waals surface area contributed by atoms with Crippen molar-refractivity contribution in [1.29, 1.82) is 0 Å². The van der Waals surface area contributed by atoms with E-state index in [0.29, 0.717) is 17.7 Å². The van der Waals surface area contributed by atoms with E-state index in [1.807, 2.05) is 0 Å². The van der Waals surface area contributed by atoms with Gasteiger partial charge in [-0.15, -0.1) is 0 Å². The van der Waals surface area contributed by atoms with E-state index in [-0.39, 0.29) is 12.5 Å². The highest BCUT2D eigenvalue weighted by atomic mass is 19.4. The summed E-state index contributed by atoms with van der Waals surface area (Å²) >= 11 is 0. The zero-order valence-corrected chi connectivity index (χ0v) is 12.1. The number of benzene rings is 1. The van der Waals surface area contributed by atoms with Gasteiger partial charge in [0.05, 0.1) is 12.2 Å². The third-order valence-corrected chi connectivity index (χ3v) is 2.93. The normalized spacial score (nSPS) is 11.3. The molecule has 0 aliphatic rings. The maximum atomic E-state index is 12.0. The molecule has 1 aromatic heterocycles. The summed E-state index contributed by atoms with van der Waals surface area (Å²) in [6.07, 6.45) is -1.27. The van der Waals surface area contributed by atoms with Gasteiger partial charge in [0.1, 0.15) is 6.61 Å². The van der Waals surface area contributed by atoms with Crippen molar-refractivity contribution in [2.24, 2.45) is 0 Å². The third-order valence-electron chi connectivity index (χ3n) is 2.93. The van der Waals surface area contributed by atoms with Crippen LogP contribution in [0.2, 0.25) is 0 Å². The number of halogens is 3. The summed E-state index contributed by atoms with van der Waals surface area (Å²) in [5.41, 5.74) is 1.93. The summed E-state index contributed by atoms with van der Waals surface area (Å²) < 4.78 is 40.5. The second-order valence-electron chi connectivity index (χ2n) is 4.85. The van der Waals surface area contributed by atoms with E-state index in [9.17, 15) is 18.0 Å². The Hall–Kier alpha value is -2.41. The predicted molar refractivity (Wildman–Crippen MR) is 77.6 cm³/mol. The lowest BCUT2D eigenvalue weighted by molar-refractivity contribution is -0.176. The number of amides is 1. The Bertz CT molecular complexity index is 628. The molecule has 0 spiro atoms. The average molecular weight is 324 g/mol. The molecule has 0 aliphatic heterocycles. The van der Waals surface area contributed by atoms with E-state index >= 15 is 0 Å². The van der Waals surface area contributed by atoms with E-state index < -0.39 is 12.8 Å². The first kappa shape index (κ1) is 17.0. The van der Waals surface area contributed by atoms with Crippen LogP contribution in [0.25, 0.3) is 0 Å². The van der Waals surface area contributed by atoms with Crippen molar-refractivity contribution >= 4 is 5.91 Å². The maximum Gasteiger partial charge on any atom is 0.411 e. The minimum Gasteiger partial charge on any atom is -0.367 e. The monoisotopic (exact) mass is 324 g/mol. The zero-order valence-electron chi connectivity index (χ0n) is 12.1. The van der Waals surface area contributed by atoms with Crippen LogP contribution in [0.1, 0.15) is 21.5 Å². The van der Waals surface area contributed by atoms with Gasteiger partial charge in [-0.3, -0.25) is 9.78 Å². The molecule has 0 atom stereocenters. The smallest absolute Gasteiger partial charge is 0.367 e. The number of carbonyl (C=O) groups excluding carboxylic acids is 1. The fourth-order valence-corrected chi connectivity index (χ4v) is 1.82. The van der Waals surface area contributed by atoms with Gasteiger partial charge in [-0.1, -0.05) is 24.3 Å². The number of rotatable bonds is 6. The van der Waals surface area contributed by atoms with Crippen molar-refractivity contribution in [3.05, 3.63) is 65.5 Å². The molecule has 0 aliphatic carbocycles. The summed E-state index contributed by atoms with van der Waals surface area (Å²) in [7, 11) is 0. The van der Waals surface area contributed by atoms with Crippen LogP contribution in [0.4, 0.5) is 13.2 Å². The first-order valence-corrected chi connectivity index (χ1v) is 6.84. The fraction of sp³-hybridized carbons (Fsp3) is 0.250. The predicted octanol–water partition coefficient (Wildman–Crippen LogP) is 3.09. The molecular weight excluding hydrogens is 309 g/mol. The SMILES string of the molecule is O=C(NCc1ccc(COCC(F)(F)F)cc1)c1cccnc1. The van der Waals surface area contributed by atoms with Crippen molar-refractivity contribution < 1.29 is 22.7 Å². The molecule has 2 aromatic rings. The number of alkyl halides is 3. The van der Waals surface area contributed by atoms with E-state index in [2.05, 4.69) is 15.0 Å². The molecule has 1 aromatic carbocycles. The quantitative estimate of drug-likeness (QED) is 0.888. The highest BCUT2D eigenvalue weighted by Crippen LogP contribution is 2.15. The van der Waals surface area contributed by atoms with Crippen molar-refractivity contribution in [2.75, 3.05) is 6.61 Å². The van der Waals surface area contributed by atoms with Gasteiger partial charge in [-0.25, -0.2) is 0 Å². The highest BCUT2D eigenvalue weighted by Gasteiger charge is 2.27. The van der Waals surface area contributed by atoms with E-state index in [1.165, 1.54) is 6.20 Å². The lowest BCUT2D eigenvalue weighted by Gasteiger charge is -2.09. The number of ether oxygens (including phenoxy) is 1. The topological polar surface area (TPSA) is 51.2 Å². The molecule has 0 fully saturated rings. The Morgan fingerprint density at radius 1 is 1.13 bits per heavy atom. The molecule has 0 saturated carbocycles. The summed E-state index contributed by atoms with van der Waals surface area (Å²) in [5, 5.41) is 2.74. The molecule has 7 heteroatoms. The standard InChI is InChI=1S/C16H15F3N2O2/c17-16(18,19)11-23-10-13-5-3-12(4-6-13)8-21-15(22)14-2-1-7-20-9-14/h1-7,9H,8,10-11H2,(H,21,22). The molecule has 1 amide bonds. The Balaban J connectivity index is 1.80. The minimum atomic E-state index is -4.32. The Morgan fingerprint density at radius 2 is 1.83 bits per heavy atom. The molecule has 122 valence electrons. The maximum absolute atomic E-state index is 12.0. The van der Waals surface area contributed by atoms with Gasteiger partial charge >= 0.3 is 6.18 Å². The second kappa shape index (κ2) is 7.73. The number of pyridine rings is 1. The zero-order chi connectivity index (χ0) is 16.7.